The summed E-state index contributed by atoms with van der Waals surface area (Å²) < 4.78 is 23.4. The number of esters is 1. The average Bonchev–Trinajstić information content (AvgIpc) is 2.74. The molecule has 0 bridgehead atoms. The molecule has 150 valence electrons. The largest absolute Gasteiger partial charge is 0.497 e. The van der Waals surface area contributed by atoms with Crippen LogP contribution in [-0.4, -0.2) is 37.0 Å². The minimum absolute atomic E-state index is 0.192. The van der Waals surface area contributed by atoms with E-state index in [1.54, 1.807) is 49.4 Å². The lowest BCUT2D eigenvalue weighted by Gasteiger charge is -2.20. The molecule has 0 saturated heterocycles. The molecule has 0 aliphatic rings. The Hall–Kier alpha value is -3.66. The summed E-state index contributed by atoms with van der Waals surface area (Å²) >= 11 is 0. The van der Waals surface area contributed by atoms with Gasteiger partial charge in [-0.25, -0.2) is 9.18 Å². The summed E-state index contributed by atoms with van der Waals surface area (Å²) in [6, 6.07) is 14.5. The molecule has 0 aromatic heterocycles. The lowest BCUT2D eigenvalue weighted by Crippen LogP contribution is -2.34. The van der Waals surface area contributed by atoms with Crippen LogP contribution in [0.4, 0.5) is 4.39 Å². The van der Waals surface area contributed by atoms with Gasteiger partial charge in [0.05, 0.1) is 7.11 Å². The number of nitriles is 1. The summed E-state index contributed by atoms with van der Waals surface area (Å²) in [6.45, 7) is 1.81. The highest BCUT2D eigenvalue weighted by molar-refractivity contribution is 5.98. The van der Waals surface area contributed by atoms with Crippen LogP contribution in [0.1, 0.15) is 18.1 Å². The monoisotopic (exact) mass is 396 g/mol. The van der Waals surface area contributed by atoms with E-state index in [0.717, 1.165) is 0 Å². The van der Waals surface area contributed by atoms with Crippen molar-refractivity contribution in [1.82, 2.24) is 4.90 Å². The predicted molar refractivity (Wildman–Crippen MR) is 105 cm³/mol. The first-order valence-corrected chi connectivity index (χ1v) is 8.92. The Balaban J connectivity index is 1.98. The highest BCUT2D eigenvalue weighted by atomic mass is 19.1. The quantitative estimate of drug-likeness (QED) is 0.388. The van der Waals surface area contributed by atoms with Crippen LogP contribution in [-0.2, 0) is 20.9 Å². The van der Waals surface area contributed by atoms with Crippen molar-refractivity contribution in [2.75, 3.05) is 20.3 Å². The first kappa shape index (κ1) is 21.6. The lowest BCUT2D eigenvalue weighted by atomic mass is 10.1. The van der Waals surface area contributed by atoms with Crippen LogP contribution in [0.25, 0.3) is 6.08 Å². The maximum absolute atomic E-state index is 13.3. The number of hydrogen-bond acceptors (Lipinski definition) is 5. The van der Waals surface area contributed by atoms with Gasteiger partial charge in [0.2, 0.25) is 0 Å². The number of benzene rings is 2. The molecule has 0 unspecified atom stereocenters. The topological polar surface area (TPSA) is 79.6 Å². The zero-order chi connectivity index (χ0) is 21.2. The maximum Gasteiger partial charge on any atom is 0.349 e. The molecular weight excluding hydrogens is 375 g/mol. The van der Waals surface area contributed by atoms with Crippen LogP contribution in [0.2, 0.25) is 0 Å². The van der Waals surface area contributed by atoms with Crippen molar-refractivity contribution in [3.63, 3.8) is 0 Å². The van der Waals surface area contributed by atoms with Crippen molar-refractivity contribution in [1.29, 1.82) is 5.26 Å². The third-order valence-electron chi connectivity index (χ3n) is 4.09. The van der Waals surface area contributed by atoms with E-state index in [0.29, 0.717) is 23.4 Å². The van der Waals surface area contributed by atoms with E-state index < -0.39 is 18.5 Å². The van der Waals surface area contributed by atoms with Gasteiger partial charge in [0.1, 0.15) is 23.2 Å². The fraction of sp³-hybridized carbons (Fsp3) is 0.227. The molecule has 7 heteroatoms. The van der Waals surface area contributed by atoms with Gasteiger partial charge in [-0.1, -0.05) is 24.3 Å². The number of amides is 1. The molecule has 29 heavy (non-hydrogen) atoms. The zero-order valence-corrected chi connectivity index (χ0v) is 16.2. The highest BCUT2D eigenvalue weighted by Crippen LogP contribution is 2.14. The Bertz CT molecular complexity index is 933. The molecule has 1 amide bonds. The van der Waals surface area contributed by atoms with E-state index in [1.807, 2.05) is 0 Å². The van der Waals surface area contributed by atoms with Crippen molar-refractivity contribution in [3.8, 4) is 11.8 Å². The van der Waals surface area contributed by atoms with Crippen molar-refractivity contribution < 1.29 is 23.5 Å². The molecule has 0 aliphatic carbocycles. The Kier molecular flexibility index (Phi) is 7.92. The summed E-state index contributed by atoms with van der Waals surface area (Å²) in [4.78, 5) is 25.9. The molecule has 0 atom stereocenters. The number of halogens is 1. The van der Waals surface area contributed by atoms with E-state index in [-0.39, 0.29) is 17.9 Å². The van der Waals surface area contributed by atoms with Crippen LogP contribution in [0, 0.1) is 17.1 Å². The van der Waals surface area contributed by atoms with Crippen molar-refractivity contribution >= 4 is 18.0 Å². The number of nitrogens with zero attached hydrogens (tertiary/aromatic N) is 2. The van der Waals surface area contributed by atoms with Crippen LogP contribution in [0.3, 0.4) is 0 Å². The number of carbonyl (C=O) groups is 2. The van der Waals surface area contributed by atoms with E-state index in [2.05, 4.69) is 0 Å². The maximum atomic E-state index is 13.3. The molecule has 0 aliphatic heterocycles. The van der Waals surface area contributed by atoms with Crippen LogP contribution >= 0.6 is 0 Å². The standard InChI is InChI=1S/C22H21FN2O4/c1-3-25(14-17-5-4-6-19(23)12-17)21(26)15-29-22(27)18(13-24)11-16-7-9-20(28-2)10-8-16/h4-12H,3,14-15H2,1-2H3/b18-11+. The van der Waals surface area contributed by atoms with E-state index in [1.165, 1.54) is 30.2 Å². The molecule has 6 nitrogen and oxygen atoms in total. The molecule has 2 aromatic carbocycles. The van der Waals surface area contributed by atoms with Crippen molar-refractivity contribution in [2.24, 2.45) is 0 Å². The Morgan fingerprint density at radius 3 is 2.52 bits per heavy atom. The summed E-state index contributed by atoms with van der Waals surface area (Å²) in [6.07, 6.45) is 1.37. The van der Waals surface area contributed by atoms with Crippen LogP contribution < -0.4 is 4.74 Å². The SMILES string of the molecule is CCN(Cc1cccc(F)c1)C(=O)COC(=O)/C(C#N)=C/c1ccc(OC)cc1. The summed E-state index contributed by atoms with van der Waals surface area (Å²) in [7, 11) is 1.54. The van der Waals surface area contributed by atoms with Gasteiger partial charge in [0, 0.05) is 13.1 Å². The first-order chi connectivity index (χ1) is 14.0. The highest BCUT2D eigenvalue weighted by Gasteiger charge is 2.17. The lowest BCUT2D eigenvalue weighted by molar-refractivity contribution is -0.148. The Morgan fingerprint density at radius 2 is 1.93 bits per heavy atom. The average molecular weight is 396 g/mol. The Labute approximate surface area is 168 Å². The third-order valence-corrected chi connectivity index (χ3v) is 4.09. The van der Waals surface area contributed by atoms with Gasteiger partial charge in [-0.15, -0.1) is 0 Å². The number of likely N-dealkylation sites (N-methyl/N-ethyl adjacent to an activating group) is 1. The fourth-order valence-electron chi connectivity index (χ4n) is 2.53. The molecule has 2 rings (SSSR count). The van der Waals surface area contributed by atoms with Crippen molar-refractivity contribution in [3.05, 3.63) is 71.0 Å². The second-order valence-corrected chi connectivity index (χ2v) is 6.06. The van der Waals surface area contributed by atoms with E-state index in [4.69, 9.17) is 9.47 Å². The van der Waals surface area contributed by atoms with Gasteiger partial charge in [0.25, 0.3) is 5.91 Å². The predicted octanol–water partition coefficient (Wildman–Crippen LogP) is 3.33. The molecule has 0 spiro atoms. The molecule has 0 radical (unpaired) electrons. The van der Waals surface area contributed by atoms with Gasteiger partial charge in [-0.3, -0.25) is 4.79 Å². The molecule has 0 N–H and O–H groups in total. The number of ether oxygens (including phenoxy) is 2. The summed E-state index contributed by atoms with van der Waals surface area (Å²) in [5.41, 5.74) is 1.02. The third kappa shape index (κ3) is 6.47. The van der Waals surface area contributed by atoms with E-state index >= 15 is 0 Å². The van der Waals surface area contributed by atoms with Crippen molar-refractivity contribution in [2.45, 2.75) is 13.5 Å². The normalized spacial score (nSPS) is 10.8. The van der Waals surface area contributed by atoms with Gasteiger partial charge < -0.3 is 14.4 Å². The molecule has 2 aromatic rings. The number of rotatable bonds is 8. The molecule has 0 heterocycles. The molecule has 0 saturated carbocycles. The van der Waals surface area contributed by atoms with Gasteiger partial charge in [-0.2, -0.15) is 5.26 Å². The summed E-state index contributed by atoms with van der Waals surface area (Å²) in [5, 5.41) is 9.23. The van der Waals surface area contributed by atoms with Gasteiger partial charge in [0.15, 0.2) is 6.61 Å². The Morgan fingerprint density at radius 1 is 1.21 bits per heavy atom. The number of methoxy groups -OCH3 is 1. The van der Waals surface area contributed by atoms with E-state index in [9.17, 15) is 19.2 Å². The molecule has 0 fully saturated rings. The first-order valence-electron chi connectivity index (χ1n) is 8.92. The van der Waals surface area contributed by atoms with Crippen LogP contribution in [0.5, 0.6) is 5.75 Å². The minimum Gasteiger partial charge on any atom is -0.497 e. The second-order valence-electron chi connectivity index (χ2n) is 6.06. The fourth-order valence-corrected chi connectivity index (χ4v) is 2.53. The number of carbonyl (C=O) groups excluding carboxylic acids is 2. The summed E-state index contributed by atoms with van der Waals surface area (Å²) in [5.74, 6) is -1.07. The van der Waals surface area contributed by atoms with Gasteiger partial charge in [-0.05, 0) is 48.4 Å². The van der Waals surface area contributed by atoms with Crippen LogP contribution in [0.15, 0.2) is 54.1 Å². The second kappa shape index (κ2) is 10.6. The smallest absolute Gasteiger partial charge is 0.349 e. The van der Waals surface area contributed by atoms with Gasteiger partial charge >= 0.3 is 5.97 Å². The minimum atomic E-state index is -0.890. The number of hydrogen-bond donors (Lipinski definition) is 0. The zero-order valence-electron chi connectivity index (χ0n) is 16.2. The molecular formula is C22H21FN2O4.